The minimum Gasteiger partial charge on any atom is -0.480 e. The molecule has 0 amide bonds. The van der Waals surface area contributed by atoms with E-state index in [0.717, 1.165) is 32.1 Å². The highest BCUT2D eigenvalue weighted by atomic mass is 79.9. The van der Waals surface area contributed by atoms with Crippen molar-refractivity contribution in [2.75, 3.05) is 19.0 Å². The number of nitrogens with zero attached hydrogens (tertiary/aromatic N) is 4. The molecule has 176 valence electrons. The molecular weight excluding hydrogens is 502 g/mol. The van der Waals surface area contributed by atoms with Gasteiger partial charge in [-0.05, 0) is 54.0 Å². The lowest BCUT2D eigenvalue weighted by atomic mass is 10.1. The number of rotatable bonds is 5. The molecule has 5 heterocycles. The summed E-state index contributed by atoms with van der Waals surface area (Å²) in [7, 11) is 1.60. The molecule has 0 aliphatic carbocycles. The third-order valence-electron chi connectivity index (χ3n) is 6.22. The van der Waals surface area contributed by atoms with Crippen LogP contribution in [0.4, 0.5) is 5.69 Å². The van der Waals surface area contributed by atoms with Crippen molar-refractivity contribution in [2.45, 2.75) is 44.2 Å². The maximum Gasteiger partial charge on any atom is 0.225 e. The Morgan fingerprint density at radius 1 is 1.12 bits per heavy atom. The molecule has 2 aliphatic heterocycles. The van der Waals surface area contributed by atoms with Crippen molar-refractivity contribution < 1.29 is 18.9 Å². The van der Waals surface area contributed by atoms with Crippen LogP contribution in [0.3, 0.4) is 0 Å². The van der Waals surface area contributed by atoms with Crippen molar-refractivity contribution >= 4 is 43.6 Å². The van der Waals surface area contributed by atoms with Gasteiger partial charge < -0.3 is 28.8 Å². The molecule has 6 rings (SSSR count). The first-order valence-electron chi connectivity index (χ1n) is 11.1. The molecule has 34 heavy (non-hydrogen) atoms. The van der Waals surface area contributed by atoms with Crippen LogP contribution in [-0.4, -0.2) is 57.3 Å². The number of hydrogen-bond donors (Lipinski definition) is 1. The Labute approximate surface area is 204 Å². The van der Waals surface area contributed by atoms with Crippen LogP contribution in [0, 0.1) is 0 Å². The molecule has 2 saturated heterocycles. The second-order valence-corrected chi connectivity index (χ2v) is 9.83. The summed E-state index contributed by atoms with van der Waals surface area (Å²) in [6, 6.07) is 10.1. The highest BCUT2D eigenvalue weighted by Crippen LogP contribution is 2.44. The lowest BCUT2D eigenvalue weighted by Gasteiger charge is -2.25. The molecule has 1 aromatic carbocycles. The molecule has 2 aliphatic rings. The summed E-state index contributed by atoms with van der Waals surface area (Å²) in [6.07, 6.45) is 4.08. The van der Waals surface area contributed by atoms with Crippen LogP contribution in [0.25, 0.3) is 21.9 Å². The largest absolute Gasteiger partial charge is 0.480 e. The summed E-state index contributed by atoms with van der Waals surface area (Å²) in [6.45, 7) is 4.41. The first-order valence-corrected chi connectivity index (χ1v) is 11.9. The van der Waals surface area contributed by atoms with Crippen LogP contribution >= 0.6 is 15.9 Å². The Hall–Kier alpha value is -2.79. The number of anilines is 1. The molecule has 10 heteroatoms. The van der Waals surface area contributed by atoms with Crippen LogP contribution in [-0.2, 0) is 14.2 Å². The van der Waals surface area contributed by atoms with Crippen LogP contribution in [0.1, 0.15) is 20.1 Å². The first kappa shape index (κ1) is 21.7. The SMILES string of the molecule is COc1ncnc2c1ccn2[C@@H]1O[C@H](CNc2ccc3cc(Br)cnc3c2)[C@H]2OC(C)(C)O[C@H]21. The van der Waals surface area contributed by atoms with E-state index in [9.17, 15) is 0 Å². The minimum atomic E-state index is -0.703. The molecule has 4 aromatic rings. The Bertz CT molecular complexity index is 1380. The van der Waals surface area contributed by atoms with E-state index >= 15 is 0 Å². The van der Waals surface area contributed by atoms with Gasteiger partial charge in [0.1, 0.15) is 30.3 Å². The number of nitrogens with one attached hydrogen (secondary N) is 1. The standard InChI is InChI=1S/C24H24BrN5O4/c1-24(2)33-19-18(11-26-15-5-4-13-8-14(25)10-27-17(13)9-15)32-23(20(19)34-24)30-7-6-16-21(30)28-12-29-22(16)31-3/h4-10,12,18-20,23,26H,11H2,1-3H3/t18-,19-,20-,23-/m1/s1. The van der Waals surface area contributed by atoms with Crippen molar-refractivity contribution in [2.24, 2.45) is 0 Å². The van der Waals surface area contributed by atoms with Crippen LogP contribution in [0.15, 0.2) is 53.5 Å². The molecule has 4 atom stereocenters. The molecule has 0 unspecified atom stereocenters. The van der Waals surface area contributed by atoms with E-state index in [1.165, 1.54) is 6.33 Å². The van der Waals surface area contributed by atoms with Gasteiger partial charge in [-0.25, -0.2) is 9.97 Å². The second-order valence-electron chi connectivity index (χ2n) is 8.92. The Morgan fingerprint density at radius 2 is 1.97 bits per heavy atom. The smallest absolute Gasteiger partial charge is 0.225 e. The quantitative estimate of drug-likeness (QED) is 0.412. The zero-order chi connectivity index (χ0) is 23.4. The molecule has 1 N–H and O–H groups in total. The van der Waals surface area contributed by atoms with Gasteiger partial charge >= 0.3 is 0 Å². The predicted octanol–water partition coefficient (Wildman–Crippen LogP) is 4.28. The number of halogens is 1. The zero-order valence-corrected chi connectivity index (χ0v) is 20.5. The molecule has 0 saturated carbocycles. The van der Waals surface area contributed by atoms with E-state index in [-0.39, 0.29) is 18.3 Å². The number of pyridine rings is 1. The summed E-state index contributed by atoms with van der Waals surface area (Å²) in [5.41, 5.74) is 2.61. The van der Waals surface area contributed by atoms with Gasteiger partial charge in [0.05, 0.1) is 18.0 Å². The lowest BCUT2D eigenvalue weighted by Crippen LogP contribution is -2.34. The van der Waals surface area contributed by atoms with Crippen molar-refractivity contribution in [3.05, 3.63) is 53.5 Å². The van der Waals surface area contributed by atoms with Gasteiger partial charge in [-0.15, -0.1) is 0 Å². The molecular formula is C24H24BrN5O4. The normalized spacial score (nSPS) is 25.6. The Kier molecular flexibility index (Phi) is 5.21. The summed E-state index contributed by atoms with van der Waals surface area (Å²) in [5, 5.41) is 5.38. The third kappa shape index (κ3) is 3.70. The summed E-state index contributed by atoms with van der Waals surface area (Å²) < 4.78 is 27.4. The third-order valence-corrected chi connectivity index (χ3v) is 6.66. The maximum atomic E-state index is 6.50. The maximum absolute atomic E-state index is 6.50. The molecule has 0 bridgehead atoms. The van der Waals surface area contributed by atoms with Gasteiger partial charge in [0, 0.05) is 34.5 Å². The monoisotopic (exact) mass is 525 g/mol. The summed E-state index contributed by atoms with van der Waals surface area (Å²) in [5.74, 6) is -0.178. The number of aromatic nitrogens is 4. The van der Waals surface area contributed by atoms with E-state index in [1.807, 2.05) is 54.9 Å². The fourth-order valence-corrected chi connectivity index (χ4v) is 5.14. The summed E-state index contributed by atoms with van der Waals surface area (Å²) in [4.78, 5) is 13.2. The van der Waals surface area contributed by atoms with Crippen molar-refractivity contribution in [1.82, 2.24) is 19.5 Å². The van der Waals surface area contributed by atoms with Crippen LogP contribution in [0.5, 0.6) is 5.88 Å². The number of hydrogen-bond acceptors (Lipinski definition) is 8. The minimum absolute atomic E-state index is 0.230. The van der Waals surface area contributed by atoms with Gasteiger partial charge in [0.15, 0.2) is 12.0 Å². The summed E-state index contributed by atoms with van der Waals surface area (Å²) >= 11 is 3.47. The van der Waals surface area contributed by atoms with Crippen LogP contribution in [0.2, 0.25) is 0 Å². The van der Waals surface area contributed by atoms with Crippen molar-refractivity contribution in [3.8, 4) is 5.88 Å². The van der Waals surface area contributed by atoms with Crippen molar-refractivity contribution in [1.29, 1.82) is 0 Å². The highest BCUT2D eigenvalue weighted by Gasteiger charge is 2.55. The number of fused-ring (bicyclic) bond motifs is 3. The average Bonchev–Trinajstić information content (AvgIpc) is 3.48. The first-order chi connectivity index (χ1) is 16.4. The molecule has 2 fully saturated rings. The molecule has 9 nitrogen and oxygen atoms in total. The van der Waals surface area contributed by atoms with E-state index < -0.39 is 12.0 Å². The fraction of sp³-hybridized carbons (Fsp3) is 0.375. The Morgan fingerprint density at radius 3 is 2.82 bits per heavy atom. The molecule has 0 radical (unpaired) electrons. The average molecular weight is 526 g/mol. The zero-order valence-electron chi connectivity index (χ0n) is 18.9. The number of ether oxygens (including phenoxy) is 4. The van der Waals surface area contributed by atoms with E-state index in [2.05, 4.69) is 36.2 Å². The van der Waals surface area contributed by atoms with E-state index in [0.29, 0.717) is 12.4 Å². The lowest BCUT2D eigenvalue weighted by molar-refractivity contribution is -0.194. The van der Waals surface area contributed by atoms with Crippen LogP contribution < -0.4 is 10.1 Å². The fourth-order valence-electron chi connectivity index (χ4n) is 4.79. The Balaban J connectivity index is 1.27. The van der Waals surface area contributed by atoms with Gasteiger partial charge in [-0.2, -0.15) is 0 Å². The van der Waals surface area contributed by atoms with E-state index in [1.54, 1.807) is 13.3 Å². The van der Waals surface area contributed by atoms with E-state index in [4.69, 9.17) is 18.9 Å². The van der Waals surface area contributed by atoms with Gasteiger partial charge in [0.2, 0.25) is 5.88 Å². The highest BCUT2D eigenvalue weighted by molar-refractivity contribution is 9.10. The molecule has 3 aromatic heterocycles. The molecule has 0 spiro atoms. The van der Waals surface area contributed by atoms with Gasteiger partial charge in [-0.3, -0.25) is 4.98 Å². The number of benzene rings is 1. The van der Waals surface area contributed by atoms with Gasteiger partial charge in [0.25, 0.3) is 0 Å². The van der Waals surface area contributed by atoms with Crippen molar-refractivity contribution in [3.63, 3.8) is 0 Å². The predicted molar refractivity (Wildman–Crippen MR) is 130 cm³/mol. The number of methoxy groups -OCH3 is 1. The topological polar surface area (TPSA) is 92.6 Å². The second kappa shape index (κ2) is 8.16. The van der Waals surface area contributed by atoms with Gasteiger partial charge in [-0.1, -0.05) is 6.07 Å².